The molecule has 0 spiro atoms. The fraction of sp³-hybridized carbons (Fsp3) is 0.222. The van der Waals surface area contributed by atoms with Gasteiger partial charge in [-0.2, -0.15) is 0 Å². The molecular weight excluding hydrogens is 460 g/mol. The highest BCUT2D eigenvalue weighted by Gasteiger charge is 2.27. The van der Waals surface area contributed by atoms with Gasteiger partial charge in [0.2, 0.25) is 0 Å². The molecule has 7 heteroatoms. The number of thiophene rings is 1. The molecule has 6 rings (SSSR count). The molecule has 5 aromatic rings. The zero-order chi connectivity index (χ0) is 23.2. The highest BCUT2D eigenvalue weighted by atomic mass is 32.1. The zero-order valence-electron chi connectivity index (χ0n) is 19.1. The van der Waals surface area contributed by atoms with Gasteiger partial charge in [0.1, 0.15) is 10.0 Å². The van der Waals surface area contributed by atoms with Gasteiger partial charge < -0.3 is 5.32 Å². The number of aryl methyl sites for hydroxylation is 1. The van der Waals surface area contributed by atoms with Crippen LogP contribution in [-0.4, -0.2) is 33.9 Å². The van der Waals surface area contributed by atoms with Gasteiger partial charge in [-0.05, 0) is 55.8 Å². The van der Waals surface area contributed by atoms with Crippen molar-refractivity contribution < 1.29 is 4.79 Å². The van der Waals surface area contributed by atoms with Crippen LogP contribution in [0.3, 0.4) is 0 Å². The van der Waals surface area contributed by atoms with Gasteiger partial charge in [-0.25, -0.2) is 4.98 Å². The molecule has 1 aliphatic rings. The van der Waals surface area contributed by atoms with Crippen molar-refractivity contribution in [3.63, 3.8) is 0 Å². The smallest absolute Gasteiger partial charge is 0.256 e. The van der Waals surface area contributed by atoms with Crippen LogP contribution in [-0.2, 0) is 13.0 Å². The predicted octanol–water partition coefficient (Wildman–Crippen LogP) is 6.51. The maximum absolute atomic E-state index is 13.4. The Morgan fingerprint density at radius 3 is 2.76 bits per heavy atom. The number of nitrogens with one attached hydrogen (secondary N) is 1. The van der Waals surface area contributed by atoms with Crippen molar-refractivity contribution in [2.24, 2.45) is 0 Å². The monoisotopic (exact) mass is 484 g/mol. The third-order valence-electron chi connectivity index (χ3n) is 6.41. The third kappa shape index (κ3) is 3.79. The van der Waals surface area contributed by atoms with E-state index in [4.69, 9.17) is 4.98 Å². The first kappa shape index (κ1) is 21.4. The summed E-state index contributed by atoms with van der Waals surface area (Å²) in [6, 6.07) is 18.0. The average molecular weight is 485 g/mol. The first-order valence-electron chi connectivity index (χ1n) is 11.5. The van der Waals surface area contributed by atoms with Crippen LogP contribution in [0.4, 0.5) is 5.00 Å². The number of hydrogen-bond acceptors (Lipinski definition) is 6. The molecule has 0 radical (unpaired) electrons. The number of likely N-dealkylation sites (N-methyl/N-ethyl adjacent to an activating group) is 1. The number of fused-ring (bicyclic) bond motifs is 3. The Balaban J connectivity index is 1.41. The maximum atomic E-state index is 13.4. The lowest BCUT2D eigenvalue weighted by atomic mass is 10.0. The van der Waals surface area contributed by atoms with E-state index in [0.717, 1.165) is 68.4 Å². The van der Waals surface area contributed by atoms with Crippen molar-refractivity contribution in [3.05, 3.63) is 76.3 Å². The summed E-state index contributed by atoms with van der Waals surface area (Å²) in [6.07, 6.45) is 0.972. The quantitative estimate of drug-likeness (QED) is 0.316. The van der Waals surface area contributed by atoms with Gasteiger partial charge in [0.25, 0.3) is 5.91 Å². The molecule has 4 heterocycles. The van der Waals surface area contributed by atoms with E-state index in [9.17, 15) is 4.79 Å². The van der Waals surface area contributed by atoms with Crippen LogP contribution in [0.25, 0.3) is 31.7 Å². The summed E-state index contributed by atoms with van der Waals surface area (Å²) in [5, 5.41) is 6.14. The summed E-state index contributed by atoms with van der Waals surface area (Å²) in [5.41, 5.74) is 5.82. The Morgan fingerprint density at radius 2 is 1.91 bits per heavy atom. The summed E-state index contributed by atoms with van der Waals surface area (Å²) in [5.74, 6) is -0.112. The number of amides is 1. The largest absolute Gasteiger partial charge is 0.313 e. The van der Waals surface area contributed by atoms with Gasteiger partial charge in [-0.3, -0.25) is 14.7 Å². The lowest BCUT2D eigenvalue weighted by Gasteiger charge is -2.25. The number of thiazole rings is 1. The Labute approximate surface area is 206 Å². The van der Waals surface area contributed by atoms with Crippen molar-refractivity contribution in [2.75, 3.05) is 18.4 Å². The molecule has 1 N–H and O–H groups in total. The van der Waals surface area contributed by atoms with Crippen LogP contribution in [0.5, 0.6) is 0 Å². The number of aromatic nitrogens is 2. The minimum atomic E-state index is -0.112. The first-order chi connectivity index (χ1) is 16.6. The van der Waals surface area contributed by atoms with Crippen LogP contribution in [0, 0.1) is 6.92 Å². The molecular formula is C27H24N4OS2. The molecule has 2 aromatic carbocycles. The molecule has 3 aromatic heterocycles. The number of pyridine rings is 1. The highest BCUT2D eigenvalue weighted by Crippen LogP contribution is 2.45. The molecule has 0 fully saturated rings. The predicted molar refractivity (Wildman–Crippen MR) is 142 cm³/mol. The maximum Gasteiger partial charge on any atom is 0.256 e. The molecule has 0 saturated heterocycles. The fourth-order valence-corrected chi connectivity index (χ4v) is 6.95. The van der Waals surface area contributed by atoms with E-state index in [1.807, 2.05) is 49.4 Å². The summed E-state index contributed by atoms with van der Waals surface area (Å²) >= 11 is 3.39. The zero-order valence-corrected chi connectivity index (χ0v) is 20.7. The van der Waals surface area contributed by atoms with E-state index >= 15 is 0 Å². The Morgan fingerprint density at radius 1 is 1.06 bits per heavy atom. The minimum absolute atomic E-state index is 0.112. The van der Waals surface area contributed by atoms with E-state index in [1.165, 1.54) is 10.4 Å². The van der Waals surface area contributed by atoms with Crippen LogP contribution in [0.15, 0.2) is 54.6 Å². The lowest BCUT2D eigenvalue weighted by molar-refractivity contribution is 0.102. The number of nitrogens with zero attached hydrogens (tertiary/aromatic N) is 3. The Kier molecular flexibility index (Phi) is 5.40. The second kappa shape index (κ2) is 8.58. The molecule has 0 unspecified atom stereocenters. The number of carbonyl (C=O) groups is 1. The molecule has 1 aliphatic heterocycles. The Hall–Kier alpha value is -3.13. The van der Waals surface area contributed by atoms with Gasteiger partial charge in [-0.1, -0.05) is 31.2 Å². The van der Waals surface area contributed by atoms with Crippen LogP contribution < -0.4 is 5.32 Å². The van der Waals surface area contributed by atoms with Crippen LogP contribution in [0.2, 0.25) is 0 Å². The number of anilines is 1. The molecule has 0 bridgehead atoms. The van der Waals surface area contributed by atoms with Gasteiger partial charge in [0, 0.05) is 40.2 Å². The number of rotatable bonds is 4. The minimum Gasteiger partial charge on any atom is -0.313 e. The normalized spacial score (nSPS) is 13.9. The SMILES string of the molecule is CCN1CCc2c(sc(NC(=O)c3ccc4ccc(C)nc4c3)c2-c2nc3ccccc3s2)C1. The van der Waals surface area contributed by atoms with E-state index in [2.05, 4.69) is 34.3 Å². The molecule has 1 amide bonds. The fourth-order valence-electron chi connectivity index (χ4n) is 4.56. The van der Waals surface area contributed by atoms with Gasteiger partial charge in [0.15, 0.2) is 0 Å². The van der Waals surface area contributed by atoms with E-state index in [1.54, 1.807) is 22.7 Å². The number of para-hydroxylation sites is 1. The lowest BCUT2D eigenvalue weighted by Crippen LogP contribution is -2.29. The molecule has 0 saturated carbocycles. The molecule has 5 nitrogen and oxygen atoms in total. The topological polar surface area (TPSA) is 58.1 Å². The van der Waals surface area contributed by atoms with Crippen LogP contribution >= 0.6 is 22.7 Å². The Bertz CT molecular complexity index is 1520. The van der Waals surface area contributed by atoms with Crippen LogP contribution in [0.1, 0.15) is 33.4 Å². The summed E-state index contributed by atoms with van der Waals surface area (Å²) < 4.78 is 1.16. The summed E-state index contributed by atoms with van der Waals surface area (Å²) in [7, 11) is 0. The van der Waals surface area contributed by atoms with Crippen molar-refractivity contribution in [1.29, 1.82) is 0 Å². The molecule has 170 valence electrons. The summed E-state index contributed by atoms with van der Waals surface area (Å²) in [4.78, 5) is 26.7. The van der Waals surface area contributed by atoms with Crippen molar-refractivity contribution in [2.45, 2.75) is 26.8 Å². The van der Waals surface area contributed by atoms with E-state index < -0.39 is 0 Å². The van der Waals surface area contributed by atoms with Gasteiger partial charge in [-0.15, -0.1) is 22.7 Å². The van der Waals surface area contributed by atoms with Crippen molar-refractivity contribution in [1.82, 2.24) is 14.9 Å². The van der Waals surface area contributed by atoms with E-state index in [0.29, 0.717) is 5.56 Å². The molecule has 0 aliphatic carbocycles. The van der Waals surface area contributed by atoms with E-state index in [-0.39, 0.29) is 5.91 Å². The second-order valence-electron chi connectivity index (χ2n) is 8.63. The molecule has 34 heavy (non-hydrogen) atoms. The number of carbonyl (C=O) groups excluding carboxylic acids is 1. The van der Waals surface area contributed by atoms with Gasteiger partial charge in [0.05, 0.1) is 15.7 Å². The van der Waals surface area contributed by atoms with Crippen molar-refractivity contribution >= 4 is 54.7 Å². The average Bonchev–Trinajstić information content (AvgIpc) is 3.43. The first-order valence-corrected chi connectivity index (χ1v) is 13.1. The van der Waals surface area contributed by atoms with Gasteiger partial charge >= 0.3 is 0 Å². The third-order valence-corrected chi connectivity index (χ3v) is 8.60. The number of hydrogen-bond donors (Lipinski definition) is 1. The second-order valence-corrected chi connectivity index (χ2v) is 10.8. The molecule has 0 atom stereocenters. The summed E-state index contributed by atoms with van der Waals surface area (Å²) in [6.45, 7) is 7.14. The standard InChI is InChI=1S/C27H24N4OS2/c1-3-31-13-12-19-23(15-31)34-27(24(19)26-29-20-6-4-5-7-22(20)33-26)30-25(32)18-11-10-17-9-8-16(2)28-21(17)14-18/h4-11,14H,3,12-13,15H2,1-2H3,(H,30,32). The number of benzene rings is 2. The van der Waals surface area contributed by atoms with Crippen molar-refractivity contribution in [3.8, 4) is 10.6 Å². The highest BCUT2D eigenvalue weighted by molar-refractivity contribution is 7.23.